The average Bonchev–Trinajstić information content (AvgIpc) is 3.22. The van der Waals surface area contributed by atoms with E-state index in [4.69, 9.17) is 4.74 Å². The van der Waals surface area contributed by atoms with E-state index in [0.29, 0.717) is 0 Å². The smallest absolute Gasteiger partial charge is 0.211 e. The van der Waals surface area contributed by atoms with E-state index < -0.39 is 0 Å². The second-order valence-corrected chi connectivity index (χ2v) is 7.97. The summed E-state index contributed by atoms with van der Waals surface area (Å²) < 4.78 is 6.30. The molecule has 2 heterocycles. The second-order valence-electron chi connectivity index (χ2n) is 7.97. The number of hydrogen-bond donors (Lipinski definition) is 1. The van der Waals surface area contributed by atoms with Crippen LogP contribution in [0.4, 0.5) is 5.69 Å². The van der Waals surface area contributed by atoms with Crippen molar-refractivity contribution in [3.05, 3.63) is 131 Å². The number of rotatable bonds is 3. The summed E-state index contributed by atoms with van der Waals surface area (Å²) in [6.45, 7) is 4.20. The van der Waals surface area contributed by atoms with Crippen molar-refractivity contribution in [1.29, 1.82) is 0 Å². The summed E-state index contributed by atoms with van der Waals surface area (Å²) in [6.07, 6.45) is 10.4. The van der Waals surface area contributed by atoms with Crippen molar-refractivity contribution >= 4 is 28.8 Å². The second kappa shape index (κ2) is 8.08. The van der Waals surface area contributed by atoms with Gasteiger partial charge in [-0.2, -0.15) is 0 Å². The van der Waals surface area contributed by atoms with E-state index in [9.17, 15) is 0 Å². The Kier molecular flexibility index (Phi) is 4.97. The SMILES string of the molecule is Cc1ccc(C2=C/C(=C\C=C3/C=[NH+]c4ccccc43)OC(c3ccc(C)cc3)=C2)cc1. The first kappa shape index (κ1) is 19.1. The Hall–Kier alpha value is -3.91. The highest BCUT2D eigenvalue weighted by molar-refractivity contribution is 6.11. The molecule has 0 aliphatic carbocycles. The van der Waals surface area contributed by atoms with Crippen molar-refractivity contribution in [1.82, 2.24) is 0 Å². The molecule has 0 spiro atoms. The number of aryl methyl sites for hydroxylation is 2. The Morgan fingerprint density at radius 3 is 2.13 bits per heavy atom. The maximum Gasteiger partial charge on any atom is 0.211 e. The average molecular weight is 403 g/mol. The van der Waals surface area contributed by atoms with Gasteiger partial charge in [0.1, 0.15) is 11.5 Å². The van der Waals surface area contributed by atoms with E-state index in [2.05, 4.69) is 104 Å². The normalized spacial score (nSPS) is 17.4. The number of ether oxygens (including phenoxy) is 1. The van der Waals surface area contributed by atoms with Crippen LogP contribution in [0.3, 0.4) is 0 Å². The minimum absolute atomic E-state index is 0.818. The zero-order valence-electron chi connectivity index (χ0n) is 17.7. The predicted molar refractivity (Wildman–Crippen MR) is 129 cm³/mol. The number of fused-ring (bicyclic) bond motifs is 1. The van der Waals surface area contributed by atoms with Crippen molar-refractivity contribution < 1.29 is 9.73 Å². The molecule has 0 saturated carbocycles. The van der Waals surface area contributed by atoms with E-state index in [1.807, 2.05) is 18.4 Å². The Labute approximate surface area is 183 Å². The van der Waals surface area contributed by atoms with Crippen molar-refractivity contribution in [3.8, 4) is 0 Å². The fourth-order valence-corrected chi connectivity index (χ4v) is 3.78. The molecule has 1 N–H and O–H groups in total. The van der Waals surface area contributed by atoms with E-state index in [1.54, 1.807) is 0 Å². The van der Waals surface area contributed by atoms with E-state index in [0.717, 1.165) is 33.9 Å². The number of hydrogen-bond acceptors (Lipinski definition) is 1. The maximum atomic E-state index is 6.30. The van der Waals surface area contributed by atoms with Crippen LogP contribution in [0, 0.1) is 13.8 Å². The quantitative estimate of drug-likeness (QED) is 0.612. The Balaban J connectivity index is 1.54. The van der Waals surface area contributed by atoms with Crippen LogP contribution in [0.15, 0.2) is 103 Å². The number of nitrogens with one attached hydrogen (secondary N) is 1. The molecule has 2 heteroatoms. The molecule has 0 fully saturated rings. The van der Waals surface area contributed by atoms with Crippen molar-refractivity contribution in [2.75, 3.05) is 0 Å². The lowest BCUT2D eigenvalue weighted by Crippen LogP contribution is -2.58. The van der Waals surface area contributed by atoms with Crippen molar-refractivity contribution in [3.63, 3.8) is 0 Å². The highest BCUT2D eigenvalue weighted by atomic mass is 16.5. The monoisotopic (exact) mass is 402 g/mol. The van der Waals surface area contributed by atoms with Gasteiger partial charge in [-0.25, -0.2) is 4.99 Å². The molecule has 3 aromatic carbocycles. The molecule has 0 saturated heterocycles. The van der Waals surface area contributed by atoms with E-state index in [-0.39, 0.29) is 0 Å². The molecule has 2 aliphatic rings. The van der Waals surface area contributed by atoms with Gasteiger partial charge in [0, 0.05) is 11.6 Å². The van der Waals surface area contributed by atoms with Gasteiger partial charge in [0.15, 0.2) is 6.21 Å². The largest absolute Gasteiger partial charge is 0.457 e. The number of benzene rings is 3. The Morgan fingerprint density at radius 1 is 0.710 bits per heavy atom. The van der Waals surface area contributed by atoms with Crippen LogP contribution in [0.2, 0.25) is 0 Å². The third-order valence-corrected chi connectivity index (χ3v) is 5.58. The fourth-order valence-electron chi connectivity index (χ4n) is 3.78. The summed E-state index contributed by atoms with van der Waals surface area (Å²) >= 11 is 0. The molecule has 0 unspecified atom stereocenters. The van der Waals surface area contributed by atoms with Gasteiger partial charge >= 0.3 is 0 Å². The molecule has 31 heavy (non-hydrogen) atoms. The van der Waals surface area contributed by atoms with Gasteiger partial charge in [0.05, 0.1) is 11.1 Å². The molecule has 0 radical (unpaired) electrons. The minimum atomic E-state index is 0.818. The maximum absolute atomic E-state index is 6.30. The zero-order valence-corrected chi connectivity index (χ0v) is 17.7. The molecule has 2 aliphatic heterocycles. The van der Waals surface area contributed by atoms with Gasteiger partial charge in [0.2, 0.25) is 5.69 Å². The first-order valence-corrected chi connectivity index (χ1v) is 10.5. The number of allylic oxidation sites excluding steroid dienone is 6. The minimum Gasteiger partial charge on any atom is -0.457 e. The zero-order chi connectivity index (χ0) is 21.2. The third-order valence-electron chi connectivity index (χ3n) is 5.58. The third kappa shape index (κ3) is 4.06. The molecule has 0 atom stereocenters. The van der Waals surface area contributed by atoms with Gasteiger partial charge in [-0.1, -0.05) is 71.8 Å². The van der Waals surface area contributed by atoms with Crippen LogP contribution in [0.1, 0.15) is 27.8 Å². The van der Waals surface area contributed by atoms with Gasteiger partial charge in [0.25, 0.3) is 0 Å². The van der Waals surface area contributed by atoms with Crippen LogP contribution in [-0.2, 0) is 4.74 Å². The Bertz CT molecular complexity index is 1280. The molecule has 150 valence electrons. The first-order valence-electron chi connectivity index (χ1n) is 10.5. The molecule has 2 nitrogen and oxygen atoms in total. The highest BCUT2D eigenvalue weighted by Gasteiger charge is 2.18. The summed E-state index contributed by atoms with van der Waals surface area (Å²) in [6, 6.07) is 25.4. The standard InChI is InChI=1S/C29H23NO/c1-20-7-11-22(12-8-20)25-17-26(31-29(18-25)23-13-9-21(2)10-14-23)16-15-24-19-30-28-6-4-3-5-27(24)28/h3-19H,1-2H3/p+1/b24-15+,26-16+. The molecular formula is C29H24NO+. The summed E-state index contributed by atoms with van der Waals surface area (Å²) in [5, 5.41) is 0. The summed E-state index contributed by atoms with van der Waals surface area (Å²) in [7, 11) is 0. The first-order chi connectivity index (χ1) is 15.2. The van der Waals surface area contributed by atoms with Crippen molar-refractivity contribution in [2.24, 2.45) is 0 Å². The van der Waals surface area contributed by atoms with Crippen LogP contribution >= 0.6 is 0 Å². The molecule has 3 aromatic rings. The van der Waals surface area contributed by atoms with Gasteiger partial charge in [-0.05, 0) is 55.4 Å². The topological polar surface area (TPSA) is 23.2 Å². The lowest BCUT2D eigenvalue weighted by atomic mass is 9.99. The molecule has 5 rings (SSSR count). The summed E-state index contributed by atoms with van der Waals surface area (Å²) in [5.41, 5.74) is 9.35. The molecule has 0 bridgehead atoms. The van der Waals surface area contributed by atoms with Crippen molar-refractivity contribution in [2.45, 2.75) is 13.8 Å². The molecule has 0 amide bonds. The van der Waals surface area contributed by atoms with Gasteiger partial charge in [-0.3, -0.25) is 0 Å². The fraction of sp³-hybridized carbons (Fsp3) is 0.0690. The molecular weight excluding hydrogens is 378 g/mol. The van der Waals surface area contributed by atoms with E-state index >= 15 is 0 Å². The highest BCUT2D eigenvalue weighted by Crippen LogP contribution is 2.32. The predicted octanol–water partition coefficient (Wildman–Crippen LogP) is 5.52. The summed E-state index contributed by atoms with van der Waals surface area (Å²) in [5.74, 6) is 1.68. The van der Waals surface area contributed by atoms with Gasteiger partial charge in [-0.15, -0.1) is 0 Å². The lowest BCUT2D eigenvalue weighted by Gasteiger charge is -2.18. The Morgan fingerprint density at radius 2 is 1.39 bits per heavy atom. The summed E-state index contributed by atoms with van der Waals surface area (Å²) in [4.78, 5) is 3.33. The lowest BCUT2D eigenvalue weighted by molar-refractivity contribution is -0.342. The molecule has 0 aromatic heterocycles. The van der Waals surface area contributed by atoms with Gasteiger partial charge < -0.3 is 4.74 Å². The number of para-hydroxylation sites is 1. The van der Waals surface area contributed by atoms with Crippen LogP contribution in [0.5, 0.6) is 0 Å². The van der Waals surface area contributed by atoms with Crippen LogP contribution < -0.4 is 4.99 Å². The van der Waals surface area contributed by atoms with Crippen LogP contribution in [0.25, 0.3) is 16.9 Å². The van der Waals surface area contributed by atoms with E-state index in [1.165, 1.54) is 22.3 Å². The van der Waals surface area contributed by atoms with Crippen LogP contribution in [-0.4, -0.2) is 6.21 Å².